The molecule has 2 heterocycles. The highest BCUT2D eigenvalue weighted by molar-refractivity contribution is 5.80. The number of benzene rings is 1. The second-order valence-electron chi connectivity index (χ2n) is 4.67. The van der Waals surface area contributed by atoms with Crippen molar-refractivity contribution in [2.24, 2.45) is 0 Å². The molecule has 20 heavy (non-hydrogen) atoms. The Labute approximate surface area is 116 Å². The Kier molecular flexibility index (Phi) is 2.98. The maximum absolute atomic E-state index is 7.87. The minimum Gasteiger partial charge on any atom is -0.474 e. The molecule has 6 nitrogen and oxygen atoms in total. The van der Waals surface area contributed by atoms with Crippen molar-refractivity contribution >= 4 is 16.9 Å². The van der Waals surface area contributed by atoms with Crippen LogP contribution in [0.1, 0.15) is 13.8 Å². The van der Waals surface area contributed by atoms with Crippen LogP contribution in [0, 0.1) is 0 Å². The van der Waals surface area contributed by atoms with Crippen LogP contribution in [0.25, 0.3) is 22.6 Å². The van der Waals surface area contributed by atoms with E-state index in [1.54, 1.807) is 0 Å². The summed E-state index contributed by atoms with van der Waals surface area (Å²) in [7, 11) is 0. The molecule has 6 heteroatoms. The van der Waals surface area contributed by atoms with Gasteiger partial charge in [0.2, 0.25) is 5.88 Å². The second kappa shape index (κ2) is 4.80. The fourth-order valence-corrected chi connectivity index (χ4v) is 1.90. The molecule has 3 rings (SSSR count). The van der Waals surface area contributed by atoms with Crippen molar-refractivity contribution in [3.8, 4) is 17.4 Å². The molecule has 1 aromatic carbocycles. The van der Waals surface area contributed by atoms with Gasteiger partial charge in [0.15, 0.2) is 17.3 Å². The van der Waals surface area contributed by atoms with Crippen LogP contribution in [0.4, 0.5) is 5.82 Å². The Hall–Kier alpha value is -2.63. The van der Waals surface area contributed by atoms with Crippen LogP contribution < -0.4 is 10.5 Å². The molecule has 0 saturated carbocycles. The predicted octanol–water partition coefficient (Wildman–Crippen LogP) is 2.72. The smallest absolute Gasteiger partial charge is 0.233 e. The average Bonchev–Trinajstić information content (AvgIpc) is 2.84. The number of hydrogen-bond acceptors (Lipinski definition) is 4. The van der Waals surface area contributed by atoms with E-state index in [1.165, 1.54) is 6.20 Å². The zero-order valence-corrected chi connectivity index (χ0v) is 11.2. The van der Waals surface area contributed by atoms with Gasteiger partial charge in [-0.3, -0.25) is 5.73 Å². The van der Waals surface area contributed by atoms with E-state index in [-0.39, 0.29) is 11.9 Å². The Bertz CT molecular complexity index is 717. The quantitative estimate of drug-likeness (QED) is 0.791. The van der Waals surface area contributed by atoms with Gasteiger partial charge in [-0.25, -0.2) is 15.0 Å². The van der Waals surface area contributed by atoms with Crippen molar-refractivity contribution in [2.45, 2.75) is 20.0 Å². The number of nitrogens with zero attached hydrogens (tertiary/aromatic N) is 3. The molecule has 101 valence electrons. The number of para-hydroxylation sites is 2. The number of rotatable bonds is 3. The Morgan fingerprint density at radius 3 is 2.75 bits per heavy atom. The first-order chi connectivity index (χ1) is 9.63. The lowest BCUT2D eigenvalue weighted by Gasteiger charge is -2.09. The van der Waals surface area contributed by atoms with Crippen molar-refractivity contribution in [3.05, 3.63) is 30.5 Å². The summed E-state index contributed by atoms with van der Waals surface area (Å²) in [6.45, 7) is 3.83. The van der Waals surface area contributed by atoms with Gasteiger partial charge in [0.25, 0.3) is 0 Å². The molecular formula is C14H14N5O. The lowest BCUT2D eigenvalue weighted by Crippen LogP contribution is -2.08. The van der Waals surface area contributed by atoms with Crippen LogP contribution >= 0.6 is 0 Å². The first kappa shape index (κ1) is 12.4. The van der Waals surface area contributed by atoms with Gasteiger partial charge in [-0.15, -0.1) is 0 Å². The number of H-pyrrole nitrogens is 1. The molecule has 0 atom stereocenters. The van der Waals surface area contributed by atoms with E-state index >= 15 is 0 Å². The van der Waals surface area contributed by atoms with Crippen molar-refractivity contribution in [3.63, 3.8) is 0 Å². The minimum atomic E-state index is 0.00408. The molecule has 0 aliphatic rings. The summed E-state index contributed by atoms with van der Waals surface area (Å²) in [6, 6.07) is 7.67. The van der Waals surface area contributed by atoms with E-state index < -0.39 is 0 Å². The highest BCUT2D eigenvalue weighted by Gasteiger charge is 2.13. The molecule has 0 aliphatic carbocycles. The van der Waals surface area contributed by atoms with Gasteiger partial charge in [-0.2, -0.15) is 0 Å². The first-order valence-corrected chi connectivity index (χ1v) is 6.34. The molecule has 0 saturated heterocycles. The lowest BCUT2D eigenvalue weighted by atomic mass is 10.3. The Morgan fingerprint density at radius 2 is 2.00 bits per heavy atom. The summed E-state index contributed by atoms with van der Waals surface area (Å²) in [5.41, 5.74) is 9.99. The Morgan fingerprint density at radius 1 is 1.20 bits per heavy atom. The van der Waals surface area contributed by atoms with Crippen LogP contribution in [0.15, 0.2) is 30.5 Å². The maximum Gasteiger partial charge on any atom is 0.233 e. The number of aromatic amines is 1. The number of nitrogens with one attached hydrogen (secondary N) is 2. The summed E-state index contributed by atoms with van der Waals surface area (Å²) in [5, 5.41) is 0. The van der Waals surface area contributed by atoms with E-state index in [0.717, 1.165) is 11.0 Å². The Balaban J connectivity index is 2.07. The topological polar surface area (TPSA) is 87.5 Å². The van der Waals surface area contributed by atoms with Crippen molar-refractivity contribution in [2.75, 3.05) is 0 Å². The van der Waals surface area contributed by atoms with E-state index in [4.69, 9.17) is 10.5 Å². The minimum absolute atomic E-state index is 0.00408. The standard InChI is InChI=1S/C14H14N5O/c1-8(2)20-11-7-16-13(15)12(19-11)14-17-9-5-3-4-6-10(9)18-14/h3-8,15H,1-2H3,(H,17,18). The highest BCUT2D eigenvalue weighted by atomic mass is 16.5. The highest BCUT2D eigenvalue weighted by Crippen LogP contribution is 2.25. The molecule has 1 radical (unpaired) electrons. The van der Waals surface area contributed by atoms with Gasteiger partial charge in [0.05, 0.1) is 23.3 Å². The van der Waals surface area contributed by atoms with Crippen molar-refractivity contribution in [1.82, 2.24) is 25.7 Å². The number of ether oxygens (including phenoxy) is 1. The molecule has 3 aromatic rings. The molecule has 0 amide bonds. The monoisotopic (exact) mass is 268 g/mol. The zero-order chi connectivity index (χ0) is 14.1. The molecule has 0 aliphatic heterocycles. The maximum atomic E-state index is 7.87. The molecular weight excluding hydrogens is 254 g/mol. The molecule has 0 fully saturated rings. The van der Waals surface area contributed by atoms with Crippen LogP contribution in [0.2, 0.25) is 0 Å². The molecule has 0 bridgehead atoms. The van der Waals surface area contributed by atoms with E-state index in [0.29, 0.717) is 17.4 Å². The first-order valence-electron chi connectivity index (χ1n) is 6.34. The normalized spacial score (nSPS) is 11.2. The third-order valence-corrected chi connectivity index (χ3v) is 2.72. The van der Waals surface area contributed by atoms with Crippen LogP contribution in [-0.4, -0.2) is 26.0 Å². The SMILES string of the molecule is CC(C)Oc1cnc([NH])c(-c2nc3ccccc3[nH]2)n1. The number of hydrogen-bond donors (Lipinski definition) is 1. The van der Waals surface area contributed by atoms with Gasteiger partial charge in [0, 0.05) is 0 Å². The number of aromatic nitrogens is 4. The summed E-state index contributed by atoms with van der Waals surface area (Å²) in [6.07, 6.45) is 1.46. The van der Waals surface area contributed by atoms with Gasteiger partial charge >= 0.3 is 0 Å². The van der Waals surface area contributed by atoms with Gasteiger partial charge in [0.1, 0.15) is 0 Å². The number of fused-ring (bicyclic) bond motifs is 1. The fourth-order valence-electron chi connectivity index (χ4n) is 1.90. The van der Waals surface area contributed by atoms with Crippen LogP contribution in [-0.2, 0) is 0 Å². The third kappa shape index (κ3) is 2.27. The predicted molar refractivity (Wildman–Crippen MR) is 75.6 cm³/mol. The summed E-state index contributed by atoms with van der Waals surface area (Å²) >= 11 is 0. The molecule has 0 spiro atoms. The van der Waals surface area contributed by atoms with Gasteiger partial charge in [-0.05, 0) is 26.0 Å². The summed E-state index contributed by atoms with van der Waals surface area (Å²) < 4.78 is 5.51. The van der Waals surface area contributed by atoms with E-state index in [2.05, 4.69) is 19.9 Å². The molecule has 2 N–H and O–H groups in total. The van der Waals surface area contributed by atoms with Gasteiger partial charge < -0.3 is 9.72 Å². The molecule has 0 unspecified atom stereocenters. The third-order valence-electron chi connectivity index (χ3n) is 2.72. The fraction of sp³-hybridized carbons (Fsp3) is 0.214. The van der Waals surface area contributed by atoms with Crippen molar-refractivity contribution < 1.29 is 4.74 Å². The summed E-state index contributed by atoms with van der Waals surface area (Å²) in [5.74, 6) is 0.990. The van der Waals surface area contributed by atoms with E-state index in [9.17, 15) is 0 Å². The number of imidazole rings is 1. The zero-order valence-electron chi connectivity index (χ0n) is 11.2. The second-order valence-corrected chi connectivity index (χ2v) is 4.67. The van der Waals surface area contributed by atoms with Crippen molar-refractivity contribution in [1.29, 1.82) is 0 Å². The van der Waals surface area contributed by atoms with E-state index in [1.807, 2.05) is 38.1 Å². The molecule has 2 aromatic heterocycles. The average molecular weight is 268 g/mol. The lowest BCUT2D eigenvalue weighted by molar-refractivity contribution is 0.232. The largest absolute Gasteiger partial charge is 0.474 e. The van der Waals surface area contributed by atoms with Crippen LogP contribution in [0.5, 0.6) is 5.88 Å². The van der Waals surface area contributed by atoms with Gasteiger partial charge in [-0.1, -0.05) is 12.1 Å². The van der Waals surface area contributed by atoms with Crippen LogP contribution in [0.3, 0.4) is 0 Å². The summed E-state index contributed by atoms with van der Waals surface area (Å²) in [4.78, 5) is 15.9.